The summed E-state index contributed by atoms with van der Waals surface area (Å²) in [5.74, 6) is 4.81. The summed E-state index contributed by atoms with van der Waals surface area (Å²) >= 11 is 6.79. The maximum Gasteiger partial charge on any atom is 0.254 e. The molecule has 2 unspecified atom stereocenters. The Morgan fingerprint density at radius 2 is 2.31 bits per heavy atom. The van der Waals surface area contributed by atoms with Gasteiger partial charge in [0, 0.05) is 0 Å². The van der Waals surface area contributed by atoms with Crippen LogP contribution in [0.2, 0.25) is 0 Å². The number of thioether (sulfide) groups is 1. The molecule has 13 heavy (non-hydrogen) atoms. The van der Waals surface area contributed by atoms with Crippen molar-refractivity contribution < 1.29 is 27.1 Å². The second-order valence-corrected chi connectivity index (χ2v) is 3.91. The second-order valence-electron chi connectivity index (χ2n) is 2.00. The standard InChI is InChI=1S/C5H11ClN4OS.BrH/c1-3(11)4(6)12-5(7)9-2-10-8;/h2-4,11H,8H2,1H3,(H2,7,9,10);1H. The van der Waals surface area contributed by atoms with Gasteiger partial charge in [0.2, 0.25) is 6.34 Å². The van der Waals surface area contributed by atoms with Crippen LogP contribution in [0, 0.1) is 0 Å². The van der Waals surface area contributed by atoms with Crippen LogP contribution in [0.15, 0.2) is 5.10 Å². The predicted octanol–water partition coefficient (Wildman–Crippen LogP) is -5.03. The maximum atomic E-state index is 8.99. The fraction of sp³-hybridized carbons (Fsp3) is 0.600. The summed E-state index contributed by atoms with van der Waals surface area (Å²) in [7, 11) is 0. The number of hydrogen-bond acceptors (Lipinski definition) is 4. The Morgan fingerprint density at radius 3 is 2.69 bits per heavy atom. The molecule has 0 bridgehead atoms. The Hall–Kier alpha value is 0.0200. The molecular formula is C5H12BrClN4OS. The lowest BCUT2D eigenvalue weighted by Crippen LogP contribution is -3.00. The molecule has 8 heteroatoms. The number of hydrogen-bond donors (Lipinski definition) is 4. The molecule has 0 aliphatic rings. The zero-order valence-corrected chi connectivity index (χ0v) is 10.1. The van der Waals surface area contributed by atoms with E-state index in [1.807, 2.05) is 0 Å². The highest BCUT2D eigenvalue weighted by Crippen LogP contribution is 2.16. The monoisotopic (exact) mass is 290 g/mol. The molecule has 0 aliphatic heterocycles. The Kier molecular flexibility index (Phi) is 10.3. The predicted molar refractivity (Wildman–Crippen MR) is 51.7 cm³/mol. The minimum absolute atomic E-state index is 0. The van der Waals surface area contributed by atoms with Crippen LogP contribution in [0.1, 0.15) is 6.92 Å². The first-order valence-corrected chi connectivity index (χ1v) is 4.49. The van der Waals surface area contributed by atoms with E-state index in [1.54, 1.807) is 6.92 Å². The number of alkyl halides is 1. The number of aliphatic hydroxyl groups is 1. The van der Waals surface area contributed by atoms with Crippen molar-refractivity contribution in [2.75, 3.05) is 0 Å². The maximum absolute atomic E-state index is 8.99. The SMILES string of the molecule is CC(O)C(Cl)SC(N)=[NH+]/C=N/N.[Br-]. The van der Waals surface area contributed by atoms with Crippen LogP contribution in [0.25, 0.3) is 0 Å². The third-order valence-electron chi connectivity index (χ3n) is 0.900. The van der Waals surface area contributed by atoms with Gasteiger partial charge in [0.1, 0.15) is 4.71 Å². The van der Waals surface area contributed by atoms with Crippen molar-refractivity contribution in [2.24, 2.45) is 16.7 Å². The highest BCUT2D eigenvalue weighted by Gasteiger charge is 2.14. The van der Waals surface area contributed by atoms with Crippen LogP contribution in [0.4, 0.5) is 0 Å². The van der Waals surface area contributed by atoms with Crippen LogP contribution in [-0.4, -0.2) is 27.4 Å². The van der Waals surface area contributed by atoms with Gasteiger partial charge in [-0.25, -0.2) is 4.99 Å². The Labute approximate surface area is 96.4 Å². The molecular weight excluding hydrogens is 280 g/mol. The molecule has 0 fully saturated rings. The van der Waals surface area contributed by atoms with E-state index in [2.05, 4.69) is 10.1 Å². The molecule has 2 atom stereocenters. The third-order valence-corrected chi connectivity index (χ3v) is 2.52. The summed E-state index contributed by atoms with van der Waals surface area (Å²) in [6.45, 7) is 1.58. The van der Waals surface area contributed by atoms with E-state index < -0.39 is 10.8 Å². The Morgan fingerprint density at radius 1 is 1.77 bits per heavy atom. The normalized spacial score (nSPS) is 16.7. The number of nitrogens with two attached hydrogens (primary N) is 2. The van der Waals surface area contributed by atoms with Gasteiger partial charge in [-0.1, -0.05) is 0 Å². The van der Waals surface area contributed by atoms with Gasteiger partial charge in [-0.15, -0.1) is 11.6 Å². The fourth-order valence-electron chi connectivity index (χ4n) is 0.355. The summed E-state index contributed by atoms with van der Waals surface area (Å²) < 4.78 is -0.483. The number of nitrogens with one attached hydrogen (secondary N) is 1. The van der Waals surface area contributed by atoms with Crippen molar-refractivity contribution in [3.63, 3.8) is 0 Å². The van der Waals surface area contributed by atoms with Gasteiger partial charge < -0.3 is 27.8 Å². The smallest absolute Gasteiger partial charge is 0.254 e. The van der Waals surface area contributed by atoms with Crippen molar-refractivity contribution in [1.29, 1.82) is 0 Å². The first kappa shape index (κ1) is 15.5. The number of halogens is 2. The summed E-state index contributed by atoms with van der Waals surface area (Å²) in [4.78, 5) is 2.56. The lowest BCUT2D eigenvalue weighted by atomic mass is 10.5. The number of hydrazone groups is 1. The average molecular weight is 292 g/mol. The van der Waals surface area contributed by atoms with Gasteiger partial charge in [0.15, 0.2) is 0 Å². The Balaban J connectivity index is 0. The quantitative estimate of drug-likeness (QED) is 0.138. The van der Waals surface area contributed by atoms with Crippen molar-refractivity contribution in [3.05, 3.63) is 0 Å². The molecule has 5 nitrogen and oxygen atoms in total. The van der Waals surface area contributed by atoms with Crippen molar-refractivity contribution in [3.8, 4) is 0 Å². The minimum atomic E-state index is -0.633. The van der Waals surface area contributed by atoms with Gasteiger partial charge in [-0.2, -0.15) is 0 Å². The zero-order chi connectivity index (χ0) is 9.56. The topological polar surface area (TPSA) is 98.6 Å². The highest BCUT2D eigenvalue weighted by molar-refractivity contribution is 8.15. The lowest BCUT2D eigenvalue weighted by Gasteiger charge is -2.08. The molecule has 78 valence electrons. The van der Waals surface area contributed by atoms with E-state index in [9.17, 15) is 0 Å². The first-order chi connectivity index (χ1) is 5.57. The van der Waals surface area contributed by atoms with Crippen molar-refractivity contribution >= 4 is 34.9 Å². The summed E-state index contributed by atoms with van der Waals surface area (Å²) in [6, 6.07) is 0. The van der Waals surface area contributed by atoms with Gasteiger partial charge in [-0.3, -0.25) is 5.84 Å². The summed E-state index contributed by atoms with van der Waals surface area (Å²) in [5, 5.41) is 12.5. The van der Waals surface area contributed by atoms with Crippen LogP contribution in [0.5, 0.6) is 0 Å². The number of aliphatic hydroxyl groups excluding tert-OH is 1. The van der Waals surface area contributed by atoms with Crippen LogP contribution in [-0.2, 0) is 0 Å². The van der Waals surface area contributed by atoms with E-state index in [-0.39, 0.29) is 17.0 Å². The fourth-order valence-corrected chi connectivity index (χ4v) is 1.20. The Bertz CT molecular complexity index is 189. The molecule has 6 N–H and O–H groups in total. The minimum Gasteiger partial charge on any atom is -1.00 e. The van der Waals surface area contributed by atoms with Gasteiger partial charge in [0.05, 0.1) is 6.10 Å². The van der Waals surface area contributed by atoms with Crippen molar-refractivity contribution in [2.45, 2.75) is 17.7 Å². The van der Waals surface area contributed by atoms with Crippen LogP contribution in [0.3, 0.4) is 0 Å². The van der Waals surface area contributed by atoms with E-state index in [4.69, 9.17) is 28.3 Å². The number of rotatable bonds is 3. The van der Waals surface area contributed by atoms with Crippen LogP contribution < -0.4 is 33.6 Å². The molecule has 0 heterocycles. The van der Waals surface area contributed by atoms with E-state index in [0.29, 0.717) is 5.17 Å². The molecule has 0 aromatic heterocycles. The molecule has 0 rings (SSSR count). The first-order valence-electron chi connectivity index (χ1n) is 3.17. The molecule has 0 amide bonds. The average Bonchev–Trinajstić information content (AvgIpc) is 2.00. The molecule has 0 saturated carbocycles. The van der Waals surface area contributed by atoms with Gasteiger partial charge in [0.25, 0.3) is 5.17 Å². The summed E-state index contributed by atoms with van der Waals surface area (Å²) in [6.07, 6.45) is 0.598. The van der Waals surface area contributed by atoms with E-state index >= 15 is 0 Å². The molecule has 0 aliphatic carbocycles. The van der Waals surface area contributed by atoms with E-state index in [1.165, 1.54) is 6.34 Å². The number of amidine groups is 1. The molecule has 0 aromatic rings. The van der Waals surface area contributed by atoms with Gasteiger partial charge >= 0.3 is 0 Å². The van der Waals surface area contributed by atoms with Crippen molar-refractivity contribution in [1.82, 2.24) is 0 Å². The van der Waals surface area contributed by atoms with E-state index in [0.717, 1.165) is 11.8 Å². The molecule has 0 spiro atoms. The largest absolute Gasteiger partial charge is 1.00 e. The lowest BCUT2D eigenvalue weighted by molar-refractivity contribution is -0.301. The third kappa shape index (κ3) is 8.35. The highest BCUT2D eigenvalue weighted by atomic mass is 79.9. The summed E-state index contributed by atoms with van der Waals surface area (Å²) in [5.41, 5.74) is 5.42. The molecule has 0 aromatic carbocycles. The van der Waals surface area contributed by atoms with Gasteiger partial charge in [-0.05, 0) is 23.8 Å². The second kappa shape index (κ2) is 8.61. The zero-order valence-electron chi connectivity index (χ0n) is 6.95. The molecule has 0 radical (unpaired) electrons. The van der Waals surface area contributed by atoms with Crippen LogP contribution >= 0.6 is 23.4 Å². The molecule has 0 saturated heterocycles. The number of nitrogens with zero attached hydrogens (tertiary/aromatic N) is 1.